The number of rotatable bonds is 6. The van der Waals surface area contributed by atoms with Gasteiger partial charge in [0.15, 0.2) is 0 Å². The van der Waals surface area contributed by atoms with Crippen molar-refractivity contribution in [3.8, 4) is 0 Å². The number of thiophene rings is 1. The number of amides is 1. The Morgan fingerprint density at radius 3 is 2.28 bits per heavy atom. The van der Waals surface area contributed by atoms with E-state index in [-0.39, 0.29) is 11.5 Å². The highest BCUT2D eigenvalue weighted by Crippen LogP contribution is 2.33. The lowest BCUT2D eigenvalue weighted by atomic mass is 9.94. The molecule has 0 aliphatic carbocycles. The zero-order valence-electron chi connectivity index (χ0n) is 19.1. The average molecular weight is 479 g/mol. The van der Waals surface area contributed by atoms with Gasteiger partial charge >= 0.3 is 5.97 Å². The third kappa shape index (κ3) is 5.05. The highest BCUT2D eigenvalue weighted by Gasteiger charge is 2.31. The number of ether oxygens (including phenoxy) is 1. The van der Waals surface area contributed by atoms with Crippen LogP contribution in [-0.4, -0.2) is 44.3 Å². The largest absolute Gasteiger partial charge is 0.462 e. The van der Waals surface area contributed by atoms with Crippen LogP contribution in [0.25, 0.3) is 0 Å². The topological polar surface area (TPSA) is 92.8 Å². The summed E-state index contributed by atoms with van der Waals surface area (Å²) in [6.45, 7) is 10.8. The Kier molecular flexibility index (Phi) is 7.42. The molecule has 0 saturated carbocycles. The van der Waals surface area contributed by atoms with Gasteiger partial charge in [-0.2, -0.15) is 4.31 Å². The first-order valence-electron chi connectivity index (χ1n) is 10.7. The lowest BCUT2D eigenvalue weighted by molar-refractivity contribution is 0.0527. The molecule has 1 N–H and O–H groups in total. The summed E-state index contributed by atoms with van der Waals surface area (Å²) < 4.78 is 32.7. The van der Waals surface area contributed by atoms with Crippen molar-refractivity contribution in [2.75, 3.05) is 25.0 Å². The molecule has 1 aliphatic heterocycles. The van der Waals surface area contributed by atoms with Crippen LogP contribution in [0.2, 0.25) is 0 Å². The number of piperidine rings is 1. The summed E-state index contributed by atoms with van der Waals surface area (Å²) in [6.07, 6.45) is 1.01. The van der Waals surface area contributed by atoms with Gasteiger partial charge in [-0.3, -0.25) is 4.79 Å². The van der Waals surface area contributed by atoms with Crippen LogP contribution in [0.1, 0.15) is 58.3 Å². The molecule has 0 spiro atoms. The molecule has 1 saturated heterocycles. The Bertz CT molecular complexity index is 1100. The van der Waals surface area contributed by atoms with Crippen LogP contribution in [0.4, 0.5) is 5.00 Å². The van der Waals surface area contributed by atoms with Crippen molar-refractivity contribution in [2.24, 2.45) is 11.8 Å². The number of carbonyl (C=O) groups excluding carboxylic acids is 2. The van der Waals surface area contributed by atoms with E-state index in [0.29, 0.717) is 41.1 Å². The third-order valence-corrected chi connectivity index (χ3v) is 8.65. The molecule has 0 bridgehead atoms. The van der Waals surface area contributed by atoms with Crippen molar-refractivity contribution in [3.05, 3.63) is 45.8 Å². The SMILES string of the molecule is CCOC(=O)c1c(NC(=O)c2ccc(S(=O)(=O)N3C[C@@H](C)C[C@H](C)C3)cc2)sc(C)c1C. The van der Waals surface area contributed by atoms with Gasteiger partial charge in [-0.05, 0) is 68.9 Å². The van der Waals surface area contributed by atoms with Gasteiger partial charge in [-0.1, -0.05) is 13.8 Å². The van der Waals surface area contributed by atoms with E-state index in [1.165, 1.54) is 39.9 Å². The molecule has 0 radical (unpaired) electrons. The maximum absolute atomic E-state index is 13.0. The number of benzene rings is 1. The minimum atomic E-state index is -3.61. The Morgan fingerprint density at radius 2 is 1.72 bits per heavy atom. The van der Waals surface area contributed by atoms with Crippen LogP contribution in [0.15, 0.2) is 29.2 Å². The van der Waals surface area contributed by atoms with E-state index in [1.54, 1.807) is 6.92 Å². The van der Waals surface area contributed by atoms with Gasteiger partial charge in [-0.25, -0.2) is 13.2 Å². The van der Waals surface area contributed by atoms with E-state index in [4.69, 9.17) is 4.74 Å². The van der Waals surface area contributed by atoms with Gasteiger partial charge < -0.3 is 10.1 Å². The second-order valence-corrected chi connectivity index (χ2v) is 11.6. The van der Waals surface area contributed by atoms with Crippen molar-refractivity contribution in [1.82, 2.24) is 4.31 Å². The quantitative estimate of drug-likeness (QED) is 0.619. The molecule has 0 unspecified atom stereocenters. The summed E-state index contributed by atoms with van der Waals surface area (Å²) in [5, 5.41) is 3.21. The molecule has 2 atom stereocenters. The molecule has 174 valence electrons. The van der Waals surface area contributed by atoms with Crippen LogP contribution >= 0.6 is 11.3 Å². The first-order valence-corrected chi connectivity index (χ1v) is 13.0. The maximum Gasteiger partial charge on any atom is 0.341 e. The Morgan fingerprint density at radius 1 is 1.12 bits per heavy atom. The summed E-state index contributed by atoms with van der Waals surface area (Å²) in [4.78, 5) is 26.2. The van der Waals surface area contributed by atoms with Crippen molar-refractivity contribution >= 4 is 38.2 Å². The third-order valence-electron chi connectivity index (χ3n) is 5.68. The number of sulfonamides is 1. The second-order valence-electron chi connectivity index (χ2n) is 8.45. The van der Waals surface area contributed by atoms with Crippen LogP contribution < -0.4 is 5.32 Å². The fourth-order valence-electron chi connectivity index (χ4n) is 4.07. The maximum atomic E-state index is 13.0. The lowest BCUT2D eigenvalue weighted by Crippen LogP contribution is -2.42. The fourth-order valence-corrected chi connectivity index (χ4v) is 6.79. The monoisotopic (exact) mass is 478 g/mol. The molecule has 1 aliphatic rings. The van der Waals surface area contributed by atoms with Crippen molar-refractivity contribution in [2.45, 2.75) is 45.9 Å². The van der Waals surface area contributed by atoms with Crippen molar-refractivity contribution < 1.29 is 22.7 Å². The predicted molar refractivity (Wildman–Crippen MR) is 126 cm³/mol. The van der Waals surface area contributed by atoms with Gasteiger partial charge in [0, 0.05) is 23.5 Å². The summed E-state index contributed by atoms with van der Waals surface area (Å²) >= 11 is 1.31. The average Bonchev–Trinajstić information content (AvgIpc) is 3.00. The zero-order chi connectivity index (χ0) is 23.6. The number of hydrogen-bond acceptors (Lipinski definition) is 6. The highest BCUT2D eigenvalue weighted by atomic mass is 32.2. The van der Waals surface area contributed by atoms with Gasteiger partial charge in [0.05, 0.1) is 17.1 Å². The number of hydrogen-bond donors (Lipinski definition) is 1. The molecule has 2 aromatic rings. The van der Waals surface area contributed by atoms with Gasteiger partial charge in [0.25, 0.3) is 5.91 Å². The van der Waals surface area contributed by atoms with E-state index in [2.05, 4.69) is 19.2 Å². The molecule has 3 rings (SSSR count). The molecular formula is C23H30N2O5S2. The molecule has 1 aromatic heterocycles. The first kappa shape index (κ1) is 24.4. The van der Waals surface area contributed by atoms with E-state index < -0.39 is 21.9 Å². The number of anilines is 1. The van der Waals surface area contributed by atoms with Crippen LogP contribution in [-0.2, 0) is 14.8 Å². The van der Waals surface area contributed by atoms with Crippen LogP contribution in [0, 0.1) is 25.7 Å². The number of nitrogens with one attached hydrogen (secondary N) is 1. The Labute approximate surface area is 193 Å². The van der Waals surface area contributed by atoms with E-state index >= 15 is 0 Å². The number of nitrogens with zero attached hydrogens (tertiary/aromatic N) is 1. The summed E-state index contributed by atoms with van der Waals surface area (Å²) in [5.74, 6) is -0.271. The van der Waals surface area contributed by atoms with Gasteiger partial charge in [-0.15, -0.1) is 11.3 Å². The predicted octanol–water partition coefficient (Wildman–Crippen LogP) is 4.46. The number of carbonyl (C=O) groups is 2. The first-order chi connectivity index (χ1) is 15.0. The van der Waals surface area contributed by atoms with Gasteiger partial charge in [0.1, 0.15) is 5.00 Å². The second kappa shape index (κ2) is 9.72. The van der Waals surface area contributed by atoms with Crippen molar-refractivity contribution in [1.29, 1.82) is 0 Å². The minimum Gasteiger partial charge on any atom is -0.462 e. The molecule has 2 heterocycles. The summed E-state index contributed by atoms with van der Waals surface area (Å²) in [7, 11) is -3.61. The molecular weight excluding hydrogens is 448 g/mol. The van der Waals surface area contributed by atoms with Crippen LogP contribution in [0.3, 0.4) is 0 Å². The number of esters is 1. The molecule has 7 nitrogen and oxygen atoms in total. The fraction of sp³-hybridized carbons (Fsp3) is 0.478. The molecule has 1 fully saturated rings. The molecule has 1 amide bonds. The van der Waals surface area contributed by atoms with Gasteiger partial charge in [0.2, 0.25) is 10.0 Å². The van der Waals surface area contributed by atoms with E-state index in [9.17, 15) is 18.0 Å². The molecule has 32 heavy (non-hydrogen) atoms. The Hall–Kier alpha value is -2.23. The summed E-state index contributed by atoms with van der Waals surface area (Å²) in [5.41, 5.74) is 1.44. The normalized spacial score (nSPS) is 19.5. The molecule has 1 aromatic carbocycles. The van der Waals surface area contributed by atoms with Crippen LogP contribution in [0.5, 0.6) is 0 Å². The smallest absolute Gasteiger partial charge is 0.341 e. The van der Waals surface area contributed by atoms with E-state index in [1.807, 2.05) is 13.8 Å². The summed E-state index contributed by atoms with van der Waals surface area (Å²) in [6, 6.07) is 5.92. The number of aryl methyl sites for hydroxylation is 1. The Balaban J connectivity index is 1.79. The highest BCUT2D eigenvalue weighted by molar-refractivity contribution is 7.89. The lowest BCUT2D eigenvalue weighted by Gasteiger charge is -2.34. The standard InChI is InChI=1S/C23H30N2O5S2/c1-6-30-23(27)20-16(4)17(5)31-22(20)24-21(26)18-7-9-19(10-8-18)32(28,29)25-12-14(2)11-15(3)13-25/h7-10,14-15H,6,11-13H2,1-5H3,(H,24,26)/t14-,15-/m0/s1. The minimum absolute atomic E-state index is 0.172. The zero-order valence-corrected chi connectivity index (χ0v) is 20.7. The van der Waals surface area contributed by atoms with Crippen molar-refractivity contribution in [3.63, 3.8) is 0 Å². The van der Waals surface area contributed by atoms with E-state index in [0.717, 1.165) is 16.9 Å². The molecule has 9 heteroatoms.